The molecule has 1 aromatic heterocycles. The fraction of sp³-hybridized carbons (Fsp3) is 0.353. The first-order valence-corrected chi connectivity index (χ1v) is 7.71. The number of carbonyl (C=O) groups excluding carboxylic acids is 1. The minimum atomic E-state index is -0.372. The van der Waals surface area contributed by atoms with Gasteiger partial charge in [-0.3, -0.25) is 9.59 Å². The van der Waals surface area contributed by atoms with E-state index < -0.39 is 0 Å². The SMILES string of the molecule is Cc1cccc(N2CCN(C(=O)c3cnc(C)[nH]c3=O)CC2)c1. The number of piperazine rings is 1. The fourth-order valence-corrected chi connectivity index (χ4v) is 2.80. The lowest BCUT2D eigenvalue weighted by molar-refractivity contribution is 0.0744. The van der Waals surface area contributed by atoms with E-state index in [9.17, 15) is 9.59 Å². The second-order valence-corrected chi connectivity index (χ2v) is 5.83. The van der Waals surface area contributed by atoms with Gasteiger partial charge in [-0.2, -0.15) is 0 Å². The van der Waals surface area contributed by atoms with Gasteiger partial charge in [-0.15, -0.1) is 0 Å². The van der Waals surface area contributed by atoms with Crippen molar-refractivity contribution in [3.05, 3.63) is 57.8 Å². The molecule has 1 saturated heterocycles. The Morgan fingerprint density at radius 1 is 1.17 bits per heavy atom. The topological polar surface area (TPSA) is 69.3 Å². The summed E-state index contributed by atoms with van der Waals surface area (Å²) >= 11 is 0. The van der Waals surface area contributed by atoms with Crippen LogP contribution in [0.2, 0.25) is 0 Å². The molecule has 1 N–H and O–H groups in total. The van der Waals surface area contributed by atoms with Crippen LogP contribution in [0.4, 0.5) is 5.69 Å². The van der Waals surface area contributed by atoms with E-state index in [1.165, 1.54) is 17.4 Å². The van der Waals surface area contributed by atoms with Gasteiger partial charge in [-0.25, -0.2) is 4.98 Å². The maximum Gasteiger partial charge on any atom is 0.263 e. The normalized spacial score (nSPS) is 14.9. The standard InChI is InChI=1S/C17H20N4O2/c1-12-4-3-5-14(10-12)20-6-8-21(9-7-20)17(23)15-11-18-13(2)19-16(15)22/h3-5,10-11H,6-9H2,1-2H3,(H,18,19,22). The van der Waals surface area contributed by atoms with Crippen molar-refractivity contribution in [2.45, 2.75) is 13.8 Å². The minimum absolute atomic E-state index is 0.111. The van der Waals surface area contributed by atoms with Crippen LogP contribution in [0.25, 0.3) is 0 Å². The van der Waals surface area contributed by atoms with Crippen LogP contribution in [0.15, 0.2) is 35.3 Å². The highest BCUT2D eigenvalue weighted by atomic mass is 16.2. The number of H-pyrrole nitrogens is 1. The van der Waals surface area contributed by atoms with E-state index >= 15 is 0 Å². The van der Waals surface area contributed by atoms with Crippen LogP contribution >= 0.6 is 0 Å². The summed E-state index contributed by atoms with van der Waals surface area (Å²) < 4.78 is 0. The number of aryl methyl sites for hydroxylation is 2. The van der Waals surface area contributed by atoms with E-state index in [0.717, 1.165) is 13.1 Å². The number of aromatic nitrogens is 2. The molecule has 2 heterocycles. The summed E-state index contributed by atoms with van der Waals surface area (Å²) in [5.41, 5.74) is 2.13. The maximum absolute atomic E-state index is 12.5. The van der Waals surface area contributed by atoms with Gasteiger partial charge in [-0.1, -0.05) is 12.1 Å². The van der Waals surface area contributed by atoms with Gasteiger partial charge in [-0.05, 0) is 31.5 Å². The van der Waals surface area contributed by atoms with Gasteiger partial charge in [0.1, 0.15) is 11.4 Å². The molecule has 1 amide bonds. The molecule has 1 aliphatic rings. The number of nitrogens with zero attached hydrogens (tertiary/aromatic N) is 3. The van der Waals surface area contributed by atoms with Crippen LogP contribution in [0.1, 0.15) is 21.7 Å². The van der Waals surface area contributed by atoms with Gasteiger partial charge in [0.05, 0.1) is 0 Å². The smallest absolute Gasteiger partial charge is 0.263 e. The van der Waals surface area contributed by atoms with Crippen molar-refractivity contribution in [3.63, 3.8) is 0 Å². The molecule has 0 atom stereocenters. The molecule has 0 spiro atoms. The van der Waals surface area contributed by atoms with Crippen molar-refractivity contribution in [1.82, 2.24) is 14.9 Å². The third-order valence-electron chi connectivity index (χ3n) is 4.09. The van der Waals surface area contributed by atoms with Crippen LogP contribution in [0.5, 0.6) is 0 Å². The predicted octanol–water partition coefficient (Wildman–Crippen LogP) is 1.35. The zero-order chi connectivity index (χ0) is 16.4. The van der Waals surface area contributed by atoms with Crippen LogP contribution in [0.3, 0.4) is 0 Å². The van der Waals surface area contributed by atoms with Crippen molar-refractivity contribution in [2.24, 2.45) is 0 Å². The molecular formula is C17H20N4O2. The number of rotatable bonds is 2. The average Bonchev–Trinajstić information content (AvgIpc) is 2.54. The highest BCUT2D eigenvalue weighted by molar-refractivity contribution is 5.93. The number of amides is 1. The first kappa shape index (κ1) is 15.3. The van der Waals surface area contributed by atoms with Crippen molar-refractivity contribution in [3.8, 4) is 0 Å². The molecule has 0 unspecified atom stereocenters. The number of hydrogen-bond acceptors (Lipinski definition) is 4. The third kappa shape index (κ3) is 3.26. The van der Waals surface area contributed by atoms with Gasteiger partial charge in [0.25, 0.3) is 11.5 Å². The molecular weight excluding hydrogens is 292 g/mol. The van der Waals surface area contributed by atoms with Gasteiger partial charge < -0.3 is 14.8 Å². The molecule has 1 aromatic carbocycles. The summed E-state index contributed by atoms with van der Waals surface area (Å²) in [5, 5.41) is 0. The Morgan fingerprint density at radius 2 is 1.91 bits per heavy atom. The minimum Gasteiger partial charge on any atom is -0.368 e. The quantitative estimate of drug-likeness (QED) is 0.909. The fourth-order valence-electron chi connectivity index (χ4n) is 2.80. The van der Waals surface area contributed by atoms with Crippen LogP contribution in [0, 0.1) is 13.8 Å². The number of aromatic amines is 1. The Bertz CT molecular complexity index is 776. The Morgan fingerprint density at radius 3 is 2.57 bits per heavy atom. The van der Waals surface area contributed by atoms with E-state index in [4.69, 9.17) is 0 Å². The first-order valence-electron chi connectivity index (χ1n) is 7.71. The van der Waals surface area contributed by atoms with Crippen molar-refractivity contribution in [1.29, 1.82) is 0 Å². The highest BCUT2D eigenvalue weighted by Crippen LogP contribution is 2.18. The monoisotopic (exact) mass is 312 g/mol. The van der Waals surface area contributed by atoms with Crippen molar-refractivity contribution >= 4 is 11.6 Å². The molecule has 23 heavy (non-hydrogen) atoms. The number of hydrogen-bond donors (Lipinski definition) is 1. The van der Waals surface area contributed by atoms with Gasteiger partial charge in [0, 0.05) is 38.1 Å². The largest absolute Gasteiger partial charge is 0.368 e. The summed E-state index contributed by atoms with van der Waals surface area (Å²) in [5.74, 6) is 0.262. The molecule has 0 aliphatic carbocycles. The lowest BCUT2D eigenvalue weighted by Crippen LogP contribution is -2.49. The summed E-state index contributed by atoms with van der Waals surface area (Å²) in [4.78, 5) is 34.9. The van der Waals surface area contributed by atoms with Crippen LogP contribution < -0.4 is 10.5 Å². The third-order valence-corrected chi connectivity index (χ3v) is 4.09. The highest BCUT2D eigenvalue weighted by Gasteiger charge is 2.24. The Kier molecular flexibility index (Phi) is 4.14. The molecule has 1 aliphatic heterocycles. The zero-order valence-corrected chi connectivity index (χ0v) is 13.4. The molecule has 0 radical (unpaired) electrons. The Hall–Kier alpha value is -2.63. The van der Waals surface area contributed by atoms with Crippen LogP contribution in [-0.2, 0) is 0 Å². The number of nitrogens with one attached hydrogen (secondary N) is 1. The van der Waals surface area contributed by atoms with Gasteiger partial charge in [0.2, 0.25) is 0 Å². The number of anilines is 1. The molecule has 0 bridgehead atoms. The van der Waals surface area contributed by atoms with E-state index in [-0.39, 0.29) is 17.0 Å². The van der Waals surface area contributed by atoms with Crippen LogP contribution in [-0.4, -0.2) is 47.0 Å². The molecule has 1 fully saturated rings. The number of carbonyl (C=O) groups is 1. The molecule has 120 valence electrons. The summed E-state index contributed by atoms with van der Waals surface area (Å²) in [7, 11) is 0. The first-order chi connectivity index (χ1) is 11.0. The van der Waals surface area contributed by atoms with E-state index in [1.54, 1.807) is 11.8 Å². The predicted molar refractivity (Wildman–Crippen MR) is 88.9 cm³/mol. The van der Waals surface area contributed by atoms with E-state index in [1.807, 2.05) is 6.07 Å². The van der Waals surface area contributed by atoms with Crippen molar-refractivity contribution in [2.75, 3.05) is 31.1 Å². The average molecular weight is 312 g/mol. The lowest BCUT2D eigenvalue weighted by atomic mass is 10.2. The summed E-state index contributed by atoms with van der Waals surface area (Å²) in [6.07, 6.45) is 1.36. The zero-order valence-electron chi connectivity index (χ0n) is 13.4. The van der Waals surface area contributed by atoms with E-state index in [2.05, 4.69) is 40.0 Å². The molecule has 3 rings (SSSR count). The van der Waals surface area contributed by atoms with E-state index in [0.29, 0.717) is 18.9 Å². The molecule has 2 aromatic rings. The lowest BCUT2D eigenvalue weighted by Gasteiger charge is -2.36. The molecule has 6 nitrogen and oxygen atoms in total. The van der Waals surface area contributed by atoms with Crippen molar-refractivity contribution < 1.29 is 4.79 Å². The second kappa shape index (κ2) is 6.24. The van der Waals surface area contributed by atoms with Gasteiger partial charge in [0.15, 0.2) is 0 Å². The Balaban J connectivity index is 1.69. The maximum atomic E-state index is 12.5. The molecule has 6 heteroatoms. The molecule has 0 saturated carbocycles. The summed E-state index contributed by atoms with van der Waals surface area (Å²) in [6.45, 7) is 6.47. The van der Waals surface area contributed by atoms with Gasteiger partial charge >= 0.3 is 0 Å². The summed E-state index contributed by atoms with van der Waals surface area (Å²) in [6, 6.07) is 8.34. The Labute approximate surface area is 134 Å². The second-order valence-electron chi connectivity index (χ2n) is 5.83. The number of benzene rings is 1.